The van der Waals surface area contributed by atoms with Gasteiger partial charge in [0.15, 0.2) is 0 Å². The SMILES string of the molecule is COCCOCCNC(=O)OCC1c2cc(NC(=O)CCOCCOCCOC#N)ccc2-c2ccc(NC(=O)CCOCCOCCOC#N)cc21. The van der Waals surface area contributed by atoms with E-state index < -0.39 is 6.09 Å². The number of methoxy groups -OCH3 is 1. The molecule has 288 valence electrons. The third-order valence-electron chi connectivity index (χ3n) is 7.52. The molecule has 0 saturated heterocycles. The minimum absolute atomic E-state index is 0.00224. The van der Waals surface area contributed by atoms with E-state index in [1.54, 1.807) is 31.8 Å². The van der Waals surface area contributed by atoms with Crippen LogP contribution < -0.4 is 16.0 Å². The molecule has 0 aliphatic heterocycles. The molecule has 0 unspecified atom stereocenters. The van der Waals surface area contributed by atoms with Crippen LogP contribution in [0.5, 0.6) is 0 Å². The van der Waals surface area contributed by atoms with E-state index >= 15 is 0 Å². The van der Waals surface area contributed by atoms with Crippen LogP contribution in [-0.4, -0.2) is 124 Å². The topological polar surface area (TPSA) is 218 Å². The number of anilines is 2. The van der Waals surface area contributed by atoms with Crippen LogP contribution in [0.2, 0.25) is 0 Å². The fourth-order valence-corrected chi connectivity index (χ4v) is 5.09. The van der Waals surface area contributed by atoms with Gasteiger partial charge in [0.05, 0.1) is 85.5 Å². The molecule has 0 spiro atoms. The summed E-state index contributed by atoms with van der Waals surface area (Å²) >= 11 is 0. The van der Waals surface area contributed by atoms with Gasteiger partial charge in [-0.25, -0.2) is 4.79 Å². The lowest BCUT2D eigenvalue weighted by atomic mass is 9.97. The monoisotopic (exact) mass is 741 g/mol. The maximum absolute atomic E-state index is 12.7. The number of hydrogen-bond acceptors (Lipinski definition) is 14. The quantitative estimate of drug-likeness (QED) is 0.0844. The zero-order valence-electron chi connectivity index (χ0n) is 29.9. The van der Waals surface area contributed by atoms with Crippen LogP contribution in [0.25, 0.3) is 11.1 Å². The van der Waals surface area contributed by atoms with Gasteiger partial charge in [0.1, 0.15) is 19.8 Å². The number of hydrogen-bond donors (Lipinski definition) is 3. The van der Waals surface area contributed by atoms with Crippen LogP contribution in [0.1, 0.15) is 29.9 Å². The Morgan fingerprint density at radius 1 is 0.623 bits per heavy atom. The predicted octanol–water partition coefficient (Wildman–Crippen LogP) is 2.91. The number of carbonyl (C=O) groups excluding carboxylic acids is 3. The summed E-state index contributed by atoms with van der Waals surface area (Å²) in [5, 5.41) is 25.2. The summed E-state index contributed by atoms with van der Waals surface area (Å²) in [5.74, 6) is -0.869. The molecule has 0 radical (unpaired) electrons. The number of nitriles is 2. The molecule has 3 N–H and O–H groups in total. The average Bonchev–Trinajstić information content (AvgIpc) is 3.45. The number of alkyl carbamates (subject to hydrolysis) is 1. The van der Waals surface area contributed by atoms with Crippen molar-refractivity contribution in [2.45, 2.75) is 18.8 Å². The Bertz CT molecular complexity index is 1420. The van der Waals surface area contributed by atoms with E-state index in [2.05, 4.69) is 25.4 Å². The molecule has 2 aromatic rings. The summed E-state index contributed by atoms with van der Waals surface area (Å²) in [4.78, 5) is 38.0. The lowest BCUT2D eigenvalue weighted by Crippen LogP contribution is -2.29. The number of amides is 3. The van der Waals surface area contributed by atoms with Crippen molar-refractivity contribution in [2.24, 2.45) is 0 Å². The maximum atomic E-state index is 12.7. The van der Waals surface area contributed by atoms with Gasteiger partial charge in [0, 0.05) is 30.9 Å². The van der Waals surface area contributed by atoms with E-state index in [0.29, 0.717) is 57.6 Å². The van der Waals surface area contributed by atoms with E-state index in [1.807, 2.05) is 24.3 Å². The van der Waals surface area contributed by atoms with Gasteiger partial charge in [0.2, 0.25) is 11.8 Å². The zero-order valence-corrected chi connectivity index (χ0v) is 29.9. The van der Waals surface area contributed by atoms with Gasteiger partial charge in [-0.15, -0.1) is 0 Å². The number of ether oxygens (including phenoxy) is 9. The fourth-order valence-electron chi connectivity index (χ4n) is 5.09. The van der Waals surface area contributed by atoms with Crippen molar-refractivity contribution in [3.8, 4) is 23.6 Å². The minimum atomic E-state index is -0.606. The molecule has 0 bridgehead atoms. The number of rotatable bonds is 28. The molecule has 2 aromatic carbocycles. The summed E-state index contributed by atoms with van der Waals surface area (Å²) in [6.45, 7) is 3.90. The molecule has 0 atom stereocenters. The largest absolute Gasteiger partial charge is 0.449 e. The van der Waals surface area contributed by atoms with Gasteiger partial charge in [-0.3, -0.25) is 9.59 Å². The first-order valence-electron chi connectivity index (χ1n) is 17.1. The van der Waals surface area contributed by atoms with Crippen molar-refractivity contribution in [3.05, 3.63) is 47.5 Å². The summed E-state index contributed by atoms with van der Waals surface area (Å²) in [6.07, 6.45) is 2.77. The van der Waals surface area contributed by atoms with Crippen molar-refractivity contribution in [1.29, 1.82) is 10.5 Å². The highest BCUT2D eigenvalue weighted by molar-refractivity contribution is 5.94. The molecule has 17 nitrogen and oxygen atoms in total. The summed E-state index contributed by atoms with van der Waals surface area (Å²) in [5.41, 5.74) is 4.66. The van der Waals surface area contributed by atoms with Crippen molar-refractivity contribution in [2.75, 3.05) is 117 Å². The highest BCUT2D eigenvalue weighted by Crippen LogP contribution is 2.46. The Hall–Kier alpha value is -5.01. The standard InChI is InChI=1S/C36H47N5O12/c1-45-12-13-48-11-8-39-36(44)53-24-33-31-22-27(40-34(42)6-9-46-14-16-49-18-20-51-25-37)2-4-29(31)30-5-3-28(23-32(30)33)41-35(43)7-10-47-15-17-50-19-21-52-26-38/h2-5,22-23,33H,6-21,24H2,1H3,(H,39,44)(H,40,42)(H,41,43). The van der Waals surface area contributed by atoms with E-state index in [1.165, 1.54) is 0 Å². The minimum Gasteiger partial charge on any atom is -0.449 e. The number of fused-ring (bicyclic) bond motifs is 3. The van der Waals surface area contributed by atoms with Gasteiger partial charge in [-0.2, -0.15) is 10.5 Å². The van der Waals surface area contributed by atoms with Crippen LogP contribution in [0.3, 0.4) is 0 Å². The van der Waals surface area contributed by atoms with Gasteiger partial charge < -0.3 is 58.6 Å². The highest BCUT2D eigenvalue weighted by atomic mass is 16.6. The van der Waals surface area contributed by atoms with Gasteiger partial charge >= 0.3 is 6.09 Å². The summed E-state index contributed by atoms with van der Waals surface area (Å²) in [6, 6.07) is 11.1. The van der Waals surface area contributed by atoms with Crippen molar-refractivity contribution >= 4 is 29.3 Å². The molecule has 0 saturated carbocycles. The van der Waals surface area contributed by atoms with Crippen molar-refractivity contribution in [1.82, 2.24) is 5.32 Å². The van der Waals surface area contributed by atoms with Crippen LogP contribution in [0.15, 0.2) is 36.4 Å². The number of benzene rings is 2. The Labute approximate surface area is 308 Å². The molecule has 1 aliphatic carbocycles. The lowest BCUT2D eigenvalue weighted by molar-refractivity contribution is -0.118. The predicted molar refractivity (Wildman–Crippen MR) is 189 cm³/mol. The molecule has 17 heteroatoms. The molecule has 0 fully saturated rings. The Kier molecular flexibility index (Phi) is 20.7. The first kappa shape index (κ1) is 42.4. The second kappa shape index (κ2) is 25.9. The van der Waals surface area contributed by atoms with Gasteiger partial charge in [-0.1, -0.05) is 12.1 Å². The number of nitrogens with one attached hydrogen (secondary N) is 3. The number of nitrogens with zero attached hydrogens (tertiary/aromatic N) is 2. The fraction of sp³-hybridized carbons (Fsp3) is 0.528. The molecule has 1 aliphatic rings. The second-order valence-electron chi connectivity index (χ2n) is 11.2. The van der Waals surface area contributed by atoms with Crippen molar-refractivity contribution < 1.29 is 57.0 Å². The van der Waals surface area contributed by atoms with Crippen LogP contribution in [0, 0.1) is 23.0 Å². The van der Waals surface area contributed by atoms with E-state index in [9.17, 15) is 14.4 Å². The molecule has 3 rings (SSSR count). The Morgan fingerprint density at radius 2 is 1.08 bits per heavy atom. The van der Waals surface area contributed by atoms with Crippen LogP contribution >= 0.6 is 0 Å². The average molecular weight is 742 g/mol. The summed E-state index contributed by atoms with van der Waals surface area (Å²) < 4.78 is 46.5. The van der Waals surface area contributed by atoms with E-state index in [-0.39, 0.29) is 83.4 Å². The van der Waals surface area contributed by atoms with E-state index in [0.717, 1.165) is 22.3 Å². The van der Waals surface area contributed by atoms with Crippen LogP contribution in [0.4, 0.5) is 16.2 Å². The zero-order chi connectivity index (χ0) is 37.9. The highest BCUT2D eigenvalue weighted by Gasteiger charge is 2.31. The third kappa shape index (κ3) is 16.5. The Morgan fingerprint density at radius 3 is 1.57 bits per heavy atom. The van der Waals surface area contributed by atoms with Gasteiger partial charge in [0.25, 0.3) is 12.5 Å². The normalized spacial score (nSPS) is 11.5. The molecular weight excluding hydrogens is 694 g/mol. The van der Waals surface area contributed by atoms with Crippen molar-refractivity contribution in [3.63, 3.8) is 0 Å². The molecule has 0 heterocycles. The van der Waals surface area contributed by atoms with Gasteiger partial charge in [-0.05, 0) is 46.5 Å². The van der Waals surface area contributed by atoms with E-state index in [4.69, 9.17) is 43.7 Å². The molecule has 53 heavy (non-hydrogen) atoms. The number of carbonyl (C=O) groups is 3. The Balaban J connectivity index is 1.58. The molecule has 3 amide bonds. The smallest absolute Gasteiger partial charge is 0.407 e. The third-order valence-corrected chi connectivity index (χ3v) is 7.52. The molecular formula is C36H47N5O12. The first-order valence-corrected chi connectivity index (χ1v) is 17.1. The maximum Gasteiger partial charge on any atom is 0.407 e. The summed E-state index contributed by atoms with van der Waals surface area (Å²) in [7, 11) is 1.58. The van der Waals surface area contributed by atoms with Crippen LogP contribution in [-0.2, 0) is 52.2 Å². The molecule has 0 aromatic heterocycles. The lowest BCUT2D eigenvalue weighted by Gasteiger charge is -2.16. The first-order chi connectivity index (χ1) is 26.0. The second-order valence-corrected chi connectivity index (χ2v) is 11.2.